The van der Waals surface area contributed by atoms with Gasteiger partial charge in [-0.15, -0.1) is 0 Å². The summed E-state index contributed by atoms with van der Waals surface area (Å²) in [6.45, 7) is 0.762. The van der Waals surface area contributed by atoms with Gasteiger partial charge in [-0.05, 0) is 52.9 Å². The Morgan fingerprint density at radius 2 is 2.23 bits per heavy atom. The average Bonchev–Trinajstić information content (AvgIpc) is 2.91. The zero-order chi connectivity index (χ0) is 9.26. The molecule has 1 aromatic rings. The Labute approximate surface area is 85.0 Å². The second-order valence-corrected chi connectivity index (χ2v) is 4.18. The van der Waals surface area contributed by atoms with Crippen LogP contribution in [0.2, 0.25) is 0 Å². The highest BCUT2D eigenvalue weighted by atomic mass is 79.9. The van der Waals surface area contributed by atoms with E-state index < -0.39 is 0 Å². The lowest BCUT2D eigenvalue weighted by Crippen LogP contribution is -1.98. The van der Waals surface area contributed by atoms with E-state index in [4.69, 9.17) is 4.74 Å². The Hall–Kier alpha value is -0.570. The van der Waals surface area contributed by atoms with Gasteiger partial charge in [-0.2, -0.15) is 0 Å². The smallest absolute Gasteiger partial charge is 0.137 e. The SMILES string of the molecule is Fc1ccc(OCC2CC2)cc1Br. The quantitative estimate of drug-likeness (QED) is 0.793. The highest BCUT2D eigenvalue weighted by Gasteiger charge is 2.21. The molecule has 0 aliphatic heterocycles. The first-order valence-electron chi connectivity index (χ1n) is 4.33. The van der Waals surface area contributed by atoms with Crippen molar-refractivity contribution in [1.29, 1.82) is 0 Å². The van der Waals surface area contributed by atoms with Gasteiger partial charge in [0.25, 0.3) is 0 Å². The highest BCUT2D eigenvalue weighted by molar-refractivity contribution is 9.10. The molecule has 0 N–H and O–H groups in total. The van der Waals surface area contributed by atoms with Gasteiger partial charge in [0.05, 0.1) is 11.1 Å². The van der Waals surface area contributed by atoms with Crippen LogP contribution in [0.25, 0.3) is 0 Å². The van der Waals surface area contributed by atoms with E-state index in [-0.39, 0.29) is 5.82 Å². The minimum atomic E-state index is -0.251. The monoisotopic (exact) mass is 244 g/mol. The van der Waals surface area contributed by atoms with Crippen LogP contribution in [0.15, 0.2) is 22.7 Å². The summed E-state index contributed by atoms with van der Waals surface area (Å²) in [6, 6.07) is 4.73. The first-order valence-corrected chi connectivity index (χ1v) is 5.13. The van der Waals surface area contributed by atoms with E-state index in [1.165, 1.54) is 18.9 Å². The van der Waals surface area contributed by atoms with Gasteiger partial charge in [-0.1, -0.05) is 0 Å². The van der Waals surface area contributed by atoms with Crippen LogP contribution in [-0.2, 0) is 0 Å². The summed E-state index contributed by atoms with van der Waals surface area (Å²) in [7, 11) is 0. The van der Waals surface area contributed by atoms with Gasteiger partial charge in [-0.25, -0.2) is 4.39 Å². The van der Waals surface area contributed by atoms with Crippen molar-refractivity contribution in [2.24, 2.45) is 5.92 Å². The molecule has 3 heteroatoms. The first kappa shape index (κ1) is 9.00. The molecule has 1 aromatic carbocycles. The Morgan fingerprint density at radius 3 is 2.85 bits per heavy atom. The molecule has 0 saturated heterocycles. The molecule has 1 aliphatic rings. The molecule has 0 amide bonds. The molecule has 0 spiro atoms. The number of halogens is 2. The largest absolute Gasteiger partial charge is 0.493 e. The third-order valence-electron chi connectivity index (χ3n) is 2.07. The number of hydrogen-bond acceptors (Lipinski definition) is 1. The summed E-state index contributed by atoms with van der Waals surface area (Å²) in [4.78, 5) is 0. The third-order valence-corrected chi connectivity index (χ3v) is 2.68. The average molecular weight is 245 g/mol. The second-order valence-electron chi connectivity index (χ2n) is 3.33. The normalized spacial score (nSPS) is 15.8. The Kier molecular flexibility index (Phi) is 2.54. The zero-order valence-corrected chi connectivity index (χ0v) is 8.68. The van der Waals surface area contributed by atoms with Crippen molar-refractivity contribution in [3.63, 3.8) is 0 Å². The molecule has 70 valence electrons. The van der Waals surface area contributed by atoms with Crippen molar-refractivity contribution in [3.05, 3.63) is 28.5 Å². The molecule has 1 aliphatic carbocycles. The molecule has 13 heavy (non-hydrogen) atoms. The van der Waals surface area contributed by atoms with Crippen LogP contribution in [0, 0.1) is 11.7 Å². The summed E-state index contributed by atoms with van der Waals surface area (Å²) in [5.74, 6) is 1.21. The van der Waals surface area contributed by atoms with Gasteiger partial charge in [0.2, 0.25) is 0 Å². The van der Waals surface area contributed by atoms with E-state index in [1.54, 1.807) is 12.1 Å². The molecule has 1 nitrogen and oxygen atoms in total. The van der Waals surface area contributed by atoms with Gasteiger partial charge in [-0.3, -0.25) is 0 Å². The van der Waals surface area contributed by atoms with Crippen molar-refractivity contribution in [2.45, 2.75) is 12.8 Å². The summed E-state index contributed by atoms with van der Waals surface area (Å²) in [6.07, 6.45) is 2.53. The Balaban J connectivity index is 1.98. The molecular weight excluding hydrogens is 235 g/mol. The summed E-state index contributed by atoms with van der Waals surface area (Å²) in [5.41, 5.74) is 0. The standard InChI is InChI=1S/C10H10BrFO/c11-9-5-8(3-4-10(9)12)13-6-7-1-2-7/h3-5,7H,1-2,6H2. The van der Waals surface area contributed by atoms with Crippen LogP contribution < -0.4 is 4.74 Å². The fourth-order valence-corrected chi connectivity index (χ4v) is 1.42. The van der Waals surface area contributed by atoms with Crippen molar-refractivity contribution < 1.29 is 9.13 Å². The van der Waals surface area contributed by atoms with Crippen molar-refractivity contribution in [2.75, 3.05) is 6.61 Å². The molecule has 0 unspecified atom stereocenters. The lowest BCUT2D eigenvalue weighted by molar-refractivity contribution is 0.299. The van der Waals surface area contributed by atoms with E-state index in [9.17, 15) is 4.39 Å². The van der Waals surface area contributed by atoms with Crippen LogP contribution >= 0.6 is 15.9 Å². The zero-order valence-electron chi connectivity index (χ0n) is 7.09. The van der Waals surface area contributed by atoms with E-state index in [0.717, 1.165) is 18.3 Å². The number of benzene rings is 1. The lowest BCUT2D eigenvalue weighted by atomic mass is 10.3. The van der Waals surface area contributed by atoms with E-state index in [1.807, 2.05) is 0 Å². The second kappa shape index (κ2) is 3.66. The summed E-state index contributed by atoms with van der Waals surface area (Å²) < 4.78 is 18.7. The van der Waals surface area contributed by atoms with Crippen LogP contribution in [0.1, 0.15) is 12.8 Å². The van der Waals surface area contributed by atoms with Crippen molar-refractivity contribution in [3.8, 4) is 5.75 Å². The van der Waals surface area contributed by atoms with Crippen LogP contribution in [0.4, 0.5) is 4.39 Å². The van der Waals surface area contributed by atoms with Gasteiger partial charge in [0.1, 0.15) is 11.6 Å². The highest BCUT2D eigenvalue weighted by Crippen LogP contribution is 2.30. The number of ether oxygens (including phenoxy) is 1. The number of rotatable bonds is 3. The molecule has 0 aromatic heterocycles. The molecular formula is C10H10BrFO. The van der Waals surface area contributed by atoms with Crippen LogP contribution in [0.5, 0.6) is 5.75 Å². The van der Waals surface area contributed by atoms with Crippen LogP contribution in [-0.4, -0.2) is 6.61 Å². The van der Waals surface area contributed by atoms with E-state index in [2.05, 4.69) is 15.9 Å². The van der Waals surface area contributed by atoms with Gasteiger partial charge >= 0.3 is 0 Å². The third kappa shape index (κ3) is 2.44. The topological polar surface area (TPSA) is 9.23 Å². The molecule has 1 fully saturated rings. The number of hydrogen-bond donors (Lipinski definition) is 0. The Morgan fingerprint density at radius 1 is 1.46 bits per heavy atom. The maximum atomic E-state index is 12.8. The Bertz CT molecular complexity index is 310. The first-order chi connectivity index (χ1) is 6.25. The van der Waals surface area contributed by atoms with Gasteiger partial charge in [0.15, 0.2) is 0 Å². The maximum Gasteiger partial charge on any atom is 0.137 e. The fraction of sp³-hybridized carbons (Fsp3) is 0.400. The maximum absolute atomic E-state index is 12.8. The molecule has 1 saturated carbocycles. The minimum absolute atomic E-state index is 0.251. The fourth-order valence-electron chi connectivity index (χ4n) is 1.07. The predicted molar refractivity (Wildman–Crippen MR) is 52.3 cm³/mol. The van der Waals surface area contributed by atoms with Gasteiger partial charge < -0.3 is 4.74 Å². The van der Waals surface area contributed by atoms with E-state index >= 15 is 0 Å². The lowest BCUT2D eigenvalue weighted by Gasteiger charge is -2.05. The molecule has 0 radical (unpaired) electrons. The van der Waals surface area contributed by atoms with E-state index in [0.29, 0.717) is 4.47 Å². The molecule has 0 heterocycles. The minimum Gasteiger partial charge on any atom is -0.493 e. The van der Waals surface area contributed by atoms with Gasteiger partial charge in [0, 0.05) is 0 Å². The van der Waals surface area contributed by atoms with Crippen molar-refractivity contribution in [1.82, 2.24) is 0 Å². The summed E-state index contributed by atoms with van der Waals surface area (Å²) >= 11 is 3.11. The molecule has 2 rings (SSSR count). The molecule has 0 bridgehead atoms. The van der Waals surface area contributed by atoms with Crippen LogP contribution in [0.3, 0.4) is 0 Å². The summed E-state index contributed by atoms with van der Waals surface area (Å²) in [5, 5.41) is 0. The predicted octanol–water partition coefficient (Wildman–Crippen LogP) is 3.38. The van der Waals surface area contributed by atoms with Crippen molar-refractivity contribution >= 4 is 15.9 Å². The molecule has 0 atom stereocenters.